The number of carboxylic acid groups (broad SMARTS) is 1. The quantitative estimate of drug-likeness (QED) is 0.886. The largest absolute Gasteiger partial charge is 0.480 e. The van der Waals surface area contributed by atoms with Crippen LogP contribution in [-0.4, -0.2) is 31.7 Å². The molecular formula is C10H8BrF3N4O2. The molecule has 0 fully saturated rings. The molecule has 6 nitrogen and oxygen atoms in total. The van der Waals surface area contributed by atoms with Crippen molar-refractivity contribution in [2.24, 2.45) is 0 Å². The third-order valence-electron chi connectivity index (χ3n) is 2.45. The monoisotopic (exact) mass is 352 g/mol. The van der Waals surface area contributed by atoms with Gasteiger partial charge in [0.2, 0.25) is 5.95 Å². The Morgan fingerprint density at radius 1 is 1.55 bits per heavy atom. The summed E-state index contributed by atoms with van der Waals surface area (Å²) in [5, 5.41) is 15.1. The molecule has 0 spiro atoms. The van der Waals surface area contributed by atoms with Gasteiger partial charge in [-0.25, -0.2) is 4.52 Å². The molecule has 0 saturated heterocycles. The second-order valence-electron chi connectivity index (χ2n) is 3.98. The first-order valence-corrected chi connectivity index (χ1v) is 6.10. The molecule has 1 atom stereocenters. The van der Waals surface area contributed by atoms with E-state index in [0.29, 0.717) is 0 Å². The Morgan fingerprint density at radius 2 is 2.20 bits per heavy atom. The van der Waals surface area contributed by atoms with Gasteiger partial charge in [-0.1, -0.05) is 0 Å². The second-order valence-corrected chi connectivity index (χ2v) is 4.83. The predicted molar refractivity (Wildman–Crippen MR) is 66.4 cm³/mol. The number of aromatic nitrogens is 3. The van der Waals surface area contributed by atoms with Gasteiger partial charge in [-0.15, -0.1) is 5.10 Å². The van der Waals surface area contributed by atoms with E-state index in [2.05, 4.69) is 31.3 Å². The van der Waals surface area contributed by atoms with Crippen molar-refractivity contribution >= 4 is 33.5 Å². The minimum absolute atomic E-state index is 0.0411. The summed E-state index contributed by atoms with van der Waals surface area (Å²) in [6, 6.07) is -0.133. The number of pyridine rings is 1. The SMILES string of the molecule is CC(Nc1nc2cc(C(F)(F)F)c(Br)cn2n1)C(=O)O. The number of halogens is 4. The van der Waals surface area contributed by atoms with Gasteiger partial charge in [0.1, 0.15) is 6.04 Å². The van der Waals surface area contributed by atoms with E-state index >= 15 is 0 Å². The smallest absolute Gasteiger partial charge is 0.417 e. The topological polar surface area (TPSA) is 79.5 Å². The molecule has 0 saturated carbocycles. The van der Waals surface area contributed by atoms with Gasteiger partial charge in [0.25, 0.3) is 0 Å². The van der Waals surface area contributed by atoms with Gasteiger partial charge in [0, 0.05) is 10.7 Å². The molecule has 2 aromatic rings. The van der Waals surface area contributed by atoms with E-state index in [1.807, 2.05) is 0 Å². The summed E-state index contributed by atoms with van der Waals surface area (Å²) < 4.78 is 39.1. The molecule has 2 rings (SSSR count). The fraction of sp³-hybridized carbons (Fsp3) is 0.300. The van der Waals surface area contributed by atoms with Crippen molar-refractivity contribution in [1.29, 1.82) is 0 Å². The summed E-state index contributed by atoms with van der Waals surface area (Å²) in [7, 11) is 0. The van der Waals surface area contributed by atoms with E-state index in [0.717, 1.165) is 16.8 Å². The van der Waals surface area contributed by atoms with Crippen LogP contribution in [0.1, 0.15) is 12.5 Å². The Kier molecular flexibility index (Phi) is 3.59. The highest BCUT2D eigenvalue weighted by molar-refractivity contribution is 9.10. The van der Waals surface area contributed by atoms with E-state index in [1.165, 1.54) is 6.92 Å². The number of nitrogens with zero attached hydrogens (tertiary/aromatic N) is 3. The molecule has 0 aliphatic rings. The van der Waals surface area contributed by atoms with Crippen molar-refractivity contribution in [2.45, 2.75) is 19.1 Å². The van der Waals surface area contributed by atoms with Gasteiger partial charge in [-0.05, 0) is 28.9 Å². The van der Waals surface area contributed by atoms with Crippen molar-refractivity contribution < 1.29 is 23.1 Å². The van der Waals surface area contributed by atoms with Crippen molar-refractivity contribution in [1.82, 2.24) is 14.6 Å². The molecule has 1 unspecified atom stereocenters. The number of aliphatic carboxylic acids is 1. The fourth-order valence-electron chi connectivity index (χ4n) is 1.44. The summed E-state index contributed by atoms with van der Waals surface area (Å²) in [4.78, 5) is 14.5. The van der Waals surface area contributed by atoms with Gasteiger partial charge in [0.15, 0.2) is 5.65 Å². The van der Waals surface area contributed by atoms with Crippen LogP contribution in [0.2, 0.25) is 0 Å². The normalized spacial score (nSPS) is 13.4. The average Bonchev–Trinajstić information content (AvgIpc) is 2.67. The number of carbonyl (C=O) groups is 1. The maximum absolute atomic E-state index is 12.7. The fourth-order valence-corrected chi connectivity index (χ4v) is 1.97. The zero-order valence-corrected chi connectivity index (χ0v) is 11.5. The van der Waals surface area contributed by atoms with Crippen LogP contribution in [0.4, 0.5) is 19.1 Å². The van der Waals surface area contributed by atoms with Crippen LogP contribution in [0, 0.1) is 0 Å². The predicted octanol–water partition coefficient (Wildman–Crippen LogP) is 2.40. The number of rotatable bonds is 3. The first kappa shape index (κ1) is 14.6. The second kappa shape index (κ2) is 4.93. The lowest BCUT2D eigenvalue weighted by Gasteiger charge is -2.08. The summed E-state index contributed by atoms with van der Waals surface area (Å²) in [5.74, 6) is -1.19. The van der Waals surface area contributed by atoms with Gasteiger partial charge < -0.3 is 10.4 Å². The van der Waals surface area contributed by atoms with Crippen molar-refractivity contribution in [3.8, 4) is 0 Å². The van der Waals surface area contributed by atoms with Gasteiger partial charge >= 0.3 is 12.1 Å². The first-order valence-electron chi connectivity index (χ1n) is 5.31. The Morgan fingerprint density at radius 3 is 2.75 bits per heavy atom. The third-order valence-corrected chi connectivity index (χ3v) is 3.08. The van der Waals surface area contributed by atoms with Crippen LogP contribution in [0.15, 0.2) is 16.7 Å². The number of hydrogen-bond acceptors (Lipinski definition) is 4. The van der Waals surface area contributed by atoms with E-state index in [4.69, 9.17) is 5.11 Å². The molecule has 0 bridgehead atoms. The molecule has 2 heterocycles. The van der Waals surface area contributed by atoms with Crippen LogP contribution in [0.25, 0.3) is 5.65 Å². The van der Waals surface area contributed by atoms with Crippen LogP contribution in [0.5, 0.6) is 0 Å². The lowest BCUT2D eigenvalue weighted by molar-refractivity contribution is -0.138. The lowest BCUT2D eigenvalue weighted by atomic mass is 10.2. The number of nitrogens with one attached hydrogen (secondary N) is 1. The maximum Gasteiger partial charge on any atom is 0.417 e. The van der Waals surface area contributed by atoms with Crippen LogP contribution < -0.4 is 5.32 Å². The Balaban J connectivity index is 2.42. The minimum Gasteiger partial charge on any atom is -0.480 e. The number of hydrogen-bond donors (Lipinski definition) is 2. The van der Waals surface area contributed by atoms with Crippen molar-refractivity contribution in [3.63, 3.8) is 0 Å². The van der Waals surface area contributed by atoms with Crippen molar-refractivity contribution in [2.75, 3.05) is 5.32 Å². The maximum atomic E-state index is 12.7. The highest BCUT2D eigenvalue weighted by atomic mass is 79.9. The van der Waals surface area contributed by atoms with Gasteiger partial charge in [-0.3, -0.25) is 4.79 Å². The zero-order valence-electron chi connectivity index (χ0n) is 9.94. The summed E-state index contributed by atoms with van der Waals surface area (Å²) in [6.45, 7) is 1.37. The third kappa shape index (κ3) is 2.84. The molecule has 0 aromatic carbocycles. The van der Waals surface area contributed by atoms with E-state index in [1.54, 1.807) is 0 Å². The molecular weight excluding hydrogens is 345 g/mol. The Hall–Kier alpha value is -1.84. The number of carboxylic acids is 1. The van der Waals surface area contributed by atoms with Gasteiger partial charge in [-0.2, -0.15) is 18.2 Å². The summed E-state index contributed by atoms with van der Waals surface area (Å²) in [5.41, 5.74) is -0.921. The lowest BCUT2D eigenvalue weighted by Crippen LogP contribution is -2.25. The summed E-state index contributed by atoms with van der Waals surface area (Å²) >= 11 is 2.81. The van der Waals surface area contributed by atoms with E-state index in [-0.39, 0.29) is 16.1 Å². The number of anilines is 1. The molecule has 2 N–H and O–H groups in total. The molecule has 0 radical (unpaired) electrons. The average molecular weight is 353 g/mol. The van der Waals surface area contributed by atoms with Crippen molar-refractivity contribution in [3.05, 3.63) is 22.3 Å². The molecule has 0 aliphatic heterocycles. The highest BCUT2D eigenvalue weighted by Crippen LogP contribution is 2.35. The van der Waals surface area contributed by atoms with Crippen LogP contribution in [-0.2, 0) is 11.0 Å². The summed E-state index contributed by atoms with van der Waals surface area (Å²) in [6.07, 6.45) is -3.41. The number of alkyl halides is 3. The van der Waals surface area contributed by atoms with Crippen LogP contribution in [0.3, 0.4) is 0 Å². The standard InChI is InChI=1S/C10H8BrF3N4O2/c1-4(8(19)20)15-9-16-7-2-5(10(12,13)14)6(11)3-18(7)17-9/h2-4H,1H3,(H,15,17)(H,19,20). The first-order chi connectivity index (χ1) is 9.18. The molecule has 108 valence electrons. The zero-order chi connectivity index (χ0) is 15.1. The molecule has 0 aliphatic carbocycles. The molecule has 0 amide bonds. The Bertz CT molecular complexity index is 670. The van der Waals surface area contributed by atoms with E-state index in [9.17, 15) is 18.0 Å². The Labute approximate surface area is 118 Å². The number of fused-ring (bicyclic) bond motifs is 1. The molecule has 10 heteroatoms. The highest BCUT2D eigenvalue weighted by Gasteiger charge is 2.33. The molecule has 2 aromatic heterocycles. The van der Waals surface area contributed by atoms with Gasteiger partial charge in [0.05, 0.1) is 5.56 Å². The minimum atomic E-state index is -4.52. The van der Waals surface area contributed by atoms with Crippen LogP contribution >= 0.6 is 15.9 Å². The van der Waals surface area contributed by atoms with E-state index < -0.39 is 23.8 Å². The molecule has 20 heavy (non-hydrogen) atoms.